The average Bonchev–Trinajstić information content (AvgIpc) is 2.59. The van der Waals surface area contributed by atoms with Gasteiger partial charge in [-0.15, -0.1) is 5.10 Å². The standard InChI is InChI=1S/C12H12N2O3/c1-9(15)8-14-12(16)17-11(13-14)7-10-5-3-2-4-6-10/h2-6H,7-8H2,1H3. The van der Waals surface area contributed by atoms with Gasteiger partial charge in [0.25, 0.3) is 0 Å². The predicted molar refractivity (Wildman–Crippen MR) is 60.7 cm³/mol. The van der Waals surface area contributed by atoms with Gasteiger partial charge in [-0.25, -0.2) is 4.79 Å². The van der Waals surface area contributed by atoms with Crippen LogP contribution in [0.25, 0.3) is 0 Å². The third-order valence-electron chi connectivity index (χ3n) is 2.22. The van der Waals surface area contributed by atoms with Crippen LogP contribution in [0.5, 0.6) is 0 Å². The molecule has 88 valence electrons. The first-order valence-electron chi connectivity index (χ1n) is 5.25. The lowest BCUT2D eigenvalue weighted by Crippen LogP contribution is -2.19. The molecule has 0 aliphatic rings. The van der Waals surface area contributed by atoms with Crippen LogP contribution >= 0.6 is 0 Å². The molecule has 0 saturated carbocycles. The molecule has 0 atom stereocenters. The molecule has 0 unspecified atom stereocenters. The molecule has 1 aromatic heterocycles. The van der Waals surface area contributed by atoms with Gasteiger partial charge in [-0.2, -0.15) is 4.68 Å². The first-order chi connectivity index (χ1) is 8.15. The molecular formula is C12H12N2O3. The highest BCUT2D eigenvalue weighted by molar-refractivity contribution is 5.75. The Balaban J connectivity index is 2.18. The van der Waals surface area contributed by atoms with Crippen LogP contribution in [0.1, 0.15) is 18.4 Å². The third kappa shape index (κ3) is 2.90. The highest BCUT2D eigenvalue weighted by atomic mass is 16.4. The van der Waals surface area contributed by atoms with Gasteiger partial charge in [-0.05, 0) is 12.5 Å². The summed E-state index contributed by atoms with van der Waals surface area (Å²) in [6.07, 6.45) is 0.445. The molecule has 5 nitrogen and oxygen atoms in total. The van der Waals surface area contributed by atoms with E-state index in [-0.39, 0.29) is 12.3 Å². The Kier molecular flexibility index (Phi) is 3.18. The van der Waals surface area contributed by atoms with Crippen molar-refractivity contribution in [3.8, 4) is 0 Å². The Morgan fingerprint density at radius 3 is 2.71 bits per heavy atom. The van der Waals surface area contributed by atoms with E-state index in [0.717, 1.165) is 10.2 Å². The van der Waals surface area contributed by atoms with Crippen LogP contribution in [-0.4, -0.2) is 15.6 Å². The number of Topliss-reactive ketones (excluding diaryl/α,β-unsaturated/α-hetero) is 1. The van der Waals surface area contributed by atoms with Crippen molar-refractivity contribution in [3.63, 3.8) is 0 Å². The summed E-state index contributed by atoms with van der Waals surface area (Å²) >= 11 is 0. The molecule has 0 fully saturated rings. The zero-order chi connectivity index (χ0) is 12.3. The van der Waals surface area contributed by atoms with E-state index in [0.29, 0.717) is 12.3 Å². The molecule has 0 saturated heterocycles. The van der Waals surface area contributed by atoms with Crippen LogP contribution in [0.15, 0.2) is 39.5 Å². The number of carbonyl (C=O) groups excluding carboxylic acids is 1. The lowest BCUT2D eigenvalue weighted by molar-refractivity contribution is -0.117. The number of aromatic nitrogens is 2. The van der Waals surface area contributed by atoms with Crippen LogP contribution in [0, 0.1) is 0 Å². The van der Waals surface area contributed by atoms with Crippen LogP contribution in [0.4, 0.5) is 0 Å². The number of hydrogen-bond donors (Lipinski definition) is 0. The summed E-state index contributed by atoms with van der Waals surface area (Å²) in [5.41, 5.74) is 1.00. The van der Waals surface area contributed by atoms with E-state index in [4.69, 9.17) is 4.42 Å². The summed E-state index contributed by atoms with van der Waals surface area (Å²) in [5.74, 6) is -0.403. The molecule has 1 heterocycles. The largest absolute Gasteiger partial charge is 0.437 e. The zero-order valence-electron chi connectivity index (χ0n) is 9.42. The molecule has 0 amide bonds. The smallest absolute Gasteiger partial charge is 0.392 e. The molecule has 17 heavy (non-hydrogen) atoms. The third-order valence-corrected chi connectivity index (χ3v) is 2.22. The van der Waals surface area contributed by atoms with E-state index in [2.05, 4.69) is 5.10 Å². The lowest BCUT2D eigenvalue weighted by Gasteiger charge is -1.94. The maximum absolute atomic E-state index is 11.3. The number of carbonyl (C=O) groups is 1. The van der Waals surface area contributed by atoms with Crippen LogP contribution in [0.3, 0.4) is 0 Å². The molecule has 0 spiro atoms. The Morgan fingerprint density at radius 1 is 1.35 bits per heavy atom. The molecule has 2 rings (SSSR count). The Labute approximate surface area is 97.7 Å². The SMILES string of the molecule is CC(=O)Cn1nc(Cc2ccccc2)oc1=O. The van der Waals surface area contributed by atoms with Gasteiger partial charge < -0.3 is 4.42 Å². The minimum absolute atomic E-state index is 0.0445. The molecule has 1 aromatic carbocycles. The van der Waals surface area contributed by atoms with Gasteiger partial charge in [0.2, 0.25) is 5.89 Å². The van der Waals surface area contributed by atoms with Crippen molar-refractivity contribution in [3.05, 3.63) is 52.3 Å². The maximum Gasteiger partial charge on any atom is 0.437 e. The number of rotatable bonds is 4. The molecule has 2 aromatic rings. The number of benzene rings is 1. The van der Waals surface area contributed by atoms with Crippen molar-refractivity contribution >= 4 is 5.78 Å². The van der Waals surface area contributed by atoms with Gasteiger partial charge in [0.1, 0.15) is 6.54 Å². The number of ketones is 1. The minimum atomic E-state index is -0.592. The van der Waals surface area contributed by atoms with E-state index >= 15 is 0 Å². The second-order valence-electron chi connectivity index (χ2n) is 3.78. The molecule has 0 aliphatic heterocycles. The first-order valence-corrected chi connectivity index (χ1v) is 5.25. The fraction of sp³-hybridized carbons (Fsp3) is 0.250. The van der Waals surface area contributed by atoms with Crippen molar-refractivity contribution in [2.45, 2.75) is 19.9 Å². The van der Waals surface area contributed by atoms with Crippen LogP contribution < -0.4 is 5.76 Å². The summed E-state index contributed by atoms with van der Waals surface area (Å²) in [4.78, 5) is 22.2. The van der Waals surface area contributed by atoms with E-state index in [9.17, 15) is 9.59 Å². The molecular weight excluding hydrogens is 220 g/mol. The topological polar surface area (TPSA) is 65.1 Å². The molecule has 0 aliphatic carbocycles. The zero-order valence-corrected chi connectivity index (χ0v) is 9.42. The van der Waals surface area contributed by atoms with Crippen molar-refractivity contribution in [2.75, 3.05) is 0 Å². The quantitative estimate of drug-likeness (QED) is 0.789. The maximum atomic E-state index is 11.3. The summed E-state index contributed by atoms with van der Waals surface area (Å²) in [7, 11) is 0. The summed E-state index contributed by atoms with van der Waals surface area (Å²) in [6, 6.07) is 9.56. The van der Waals surface area contributed by atoms with E-state index in [1.807, 2.05) is 30.3 Å². The van der Waals surface area contributed by atoms with E-state index < -0.39 is 5.76 Å². The van der Waals surface area contributed by atoms with Gasteiger partial charge in [0.05, 0.1) is 6.42 Å². The van der Waals surface area contributed by atoms with Crippen molar-refractivity contribution in [1.29, 1.82) is 0 Å². The predicted octanol–water partition coefficient (Wildman–Crippen LogP) is 1.02. The first kappa shape index (κ1) is 11.3. The van der Waals surface area contributed by atoms with Gasteiger partial charge >= 0.3 is 5.76 Å². The summed E-state index contributed by atoms with van der Waals surface area (Å²) in [5, 5.41) is 3.96. The molecule has 0 radical (unpaired) electrons. The fourth-order valence-electron chi connectivity index (χ4n) is 1.50. The molecule has 0 N–H and O–H groups in total. The lowest BCUT2D eigenvalue weighted by atomic mass is 10.2. The molecule has 5 heteroatoms. The average molecular weight is 232 g/mol. The van der Waals surface area contributed by atoms with E-state index in [1.165, 1.54) is 6.92 Å². The fourth-order valence-corrected chi connectivity index (χ4v) is 1.50. The van der Waals surface area contributed by atoms with Crippen molar-refractivity contribution < 1.29 is 9.21 Å². The summed E-state index contributed by atoms with van der Waals surface area (Å²) < 4.78 is 6.01. The minimum Gasteiger partial charge on any atom is -0.392 e. The van der Waals surface area contributed by atoms with Crippen molar-refractivity contribution in [1.82, 2.24) is 9.78 Å². The molecule has 0 bridgehead atoms. The number of hydrogen-bond acceptors (Lipinski definition) is 4. The van der Waals surface area contributed by atoms with Gasteiger partial charge in [-0.3, -0.25) is 4.79 Å². The number of nitrogens with zero attached hydrogens (tertiary/aromatic N) is 2. The van der Waals surface area contributed by atoms with E-state index in [1.54, 1.807) is 0 Å². The Morgan fingerprint density at radius 2 is 2.06 bits per heavy atom. The second-order valence-corrected chi connectivity index (χ2v) is 3.78. The monoisotopic (exact) mass is 232 g/mol. The highest BCUT2D eigenvalue weighted by Crippen LogP contribution is 2.04. The Hall–Kier alpha value is -2.17. The Bertz CT molecular complexity index is 569. The highest BCUT2D eigenvalue weighted by Gasteiger charge is 2.09. The van der Waals surface area contributed by atoms with Gasteiger partial charge in [0.15, 0.2) is 5.78 Å². The normalized spacial score (nSPS) is 10.4. The van der Waals surface area contributed by atoms with Gasteiger partial charge in [0, 0.05) is 0 Å². The van der Waals surface area contributed by atoms with Crippen molar-refractivity contribution in [2.24, 2.45) is 0 Å². The van der Waals surface area contributed by atoms with Gasteiger partial charge in [-0.1, -0.05) is 30.3 Å². The summed E-state index contributed by atoms with van der Waals surface area (Å²) in [6.45, 7) is 1.36. The second kappa shape index (κ2) is 4.78. The van der Waals surface area contributed by atoms with Crippen LogP contribution in [0.2, 0.25) is 0 Å². The van der Waals surface area contributed by atoms with Crippen LogP contribution in [-0.2, 0) is 17.8 Å².